The van der Waals surface area contributed by atoms with Gasteiger partial charge in [0.1, 0.15) is 11.3 Å². The molecular formula is C20H26BNO6. The first-order chi connectivity index (χ1) is 12.7. The number of aromatic nitrogens is 1. The molecule has 1 aromatic carbocycles. The Balaban J connectivity index is 2.10. The number of aromatic carboxylic acids is 1. The van der Waals surface area contributed by atoms with Crippen LogP contribution in [0, 0.1) is 0 Å². The van der Waals surface area contributed by atoms with Crippen LogP contribution in [0.15, 0.2) is 24.3 Å². The molecule has 0 atom stereocenters. The zero-order valence-electron chi connectivity index (χ0n) is 17.3. The van der Waals surface area contributed by atoms with Gasteiger partial charge in [0.25, 0.3) is 0 Å². The van der Waals surface area contributed by atoms with Crippen molar-refractivity contribution in [1.29, 1.82) is 0 Å². The third-order valence-electron chi connectivity index (χ3n) is 5.15. The Morgan fingerprint density at radius 3 is 2.14 bits per heavy atom. The fourth-order valence-electron chi connectivity index (χ4n) is 3.01. The largest absolute Gasteiger partial charge is 0.494 e. The minimum Gasteiger partial charge on any atom is -0.477 e. The van der Waals surface area contributed by atoms with E-state index in [0.717, 1.165) is 4.57 Å². The second-order valence-corrected chi connectivity index (χ2v) is 9.06. The van der Waals surface area contributed by atoms with Crippen molar-refractivity contribution in [1.82, 2.24) is 4.57 Å². The SMILES string of the molecule is CC(C)(C)OC(=O)n1c(C(=O)O)cc2ccc(B3OC(C)(C)C(C)(C)O3)cc21. The molecule has 0 unspecified atom stereocenters. The van der Waals surface area contributed by atoms with Gasteiger partial charge in [0.15, 0.2) is 0 Å². The highest BCUT2D eigenvalue weighted by molar-refractivity contribution is 6.62. The highest BCUT2D eigenvalue weighted by atomic mass is 16.7. The Kier molecular flexibility index (Phi) is 4.63. The van der Waals surface area contributed by atoms with E-state index in [0.29, 0.717) is 16.4 Å². The summed E-state index contributed by atoms with van der Waals surface area (Å²) in [5.41, 5.74) is -0.801. The fourth-order valence-corrected chi connectivity index (χ4v) is 3.01. The summed E-state index contributed by atoms with van der Waals surface area (Å²) in [6.07, 6.45) is -0.744. The standard InChI is InChI=1S/C20H26BNO6/c1-18(2,3)26-17(25)22-14-11-13(9-8-12(14)10-15(22)16(23)24)21-27-19(4,5)20(6,7)28-21/h8-11H,1-7H3,(H,23,24). The third-order valence-corrected chi connectivity index (χ3v) is 5.15. The van der Waals surface area contributed by atoms with E-state index < -0.39 is 36.0 Å². The number of rotatable bonds is 2. The number of benzene rings is 1. The third kappa shape index (κ3) is 3.54. The Morgan fingerprint density at radius 2 is 1.64 bits per heavy atom. The summed E-state index contributed by atoms with van der Waals surface area (Å²) in [6.45, 7) is 13.0. The van der Waals surface area contributed by atoms with Crippen molar-refractivity contribution in [3.8, 4) is 0 Å². The lowest BCUT2D eigenvalue weighted by Gasteiger charge is -2.32. The van der Waals surface area contributed by atoms with Crippen LogP contribution in [0.4, 0.5) is 4.79 Å². The molecule has 150 valence electrons. The Labute approximate surface area is 164 Å². The van der Waals surface area contributed by atoms with E-state index in [9.17, 15) is 14.7 Å². The normalized spacial score (nSPS) is 18.5. The van der Waals surface area contributed by atoms with Gasteiger partial charge in [-0.3, -0.25) is 0 Å². The van der Waals surface area contributed by atoms with Gasteiger partial charge in [0.2, 0.25) is 0 Å². The van der Waals surface area contributed by atoms with E-state index in [4.69, 9.17) is 14.0 Å². The predicted octanol–water partition coefficient (Wildman–Crippen LogP) is 3.42. The lowest BCUT2D eigenvalue weighted by Crippen LogP contribution is -2.41. The van der Waals surface area contributed by atoms with Crippen molar-refractivity contribution in [2.75, 3.05) is 0 Å². The Bertz CT molecular complexity index is 937. The van der Waals surface area contributed by atoms with Crippen molar-refractivity contribution in [3.05, 3.63) is 30.0 Å². The summed E-state index contributed by atoms with van der Waals surface area (Å²) >= 11 is 0. The molecule has 3 rings (SSSR count). The molecule has 1 aliphatic heterocycles. The molecule has 0 radical (unpaired) electrons. The number of carboxylic acid groups (broad SMARTS) is 1. The number of hydrogen-bond donors (Lipinski definition) is 1. The quantitative estimate of drug-likeness (QED) is 0.795. The molecule has 0 amide bonds. The molecule has 2 heterocycles. The van der Waals surface area contributed by atoms with Crippen molar-refractivity contribution >= 4 is 35.5 Å². The van der Waals surface area contributed by atoms with E-state index in [1.165, 1.54) is 6.07 Å². The highest BCUT2D eigenvalue weighted by Crippen LogP contribution is 2.36. The van der Waals surface area contributed by atoms with E-state index in [2.05, 4.69) is 0 Å². The average molecular weight is 387 g/mol. The summed E-state index contributed by atoms with van der Waals surface area (Å²) in [5.74, 6) is -1.21. The molecule has 1 aromatic heterocycles. The molecule has 0 aliphatic carbocycles. The number of carbonyl (C=O) groups excluding carboxylic acids is 1. The van der Waals surface area contributed by atoms with E-state index >= 15 is 0 Å². The van der Waals surface area contributed by atoms with Gasteiger partial charge in [-0.2, -0.15) is 0 Å². The molecule has 1 N–H and O–H groups in total. The number of fused-ring (bicyclic) bond motifs is 1. The molecule has 1 fully saturated rings. The van der Waals surface area contributed by atoms with Crippen molar-refractivity contribution in [2.45, 2.75) is 65.3 Å². The van der Waals surface area contributed by atoms with Gasteiger partial charge in [-0.1, -0.05) is 12.1 Å². The maximum Gasteiger partial charge on any atom is 0.494 e. The Hall–Kier alpha value is -2.32. The van der Waals surface area contributed by atoms with Crippen molar-refractivity contribution in [3.63, 3.8) is 0 Å². The van der Waals surface area contributed by atoms with E-state index in [1.807, 2.05) is 33.8 Å². The summed E-state index contributed by atoms with van der Waals surface area (Å²) < 4.78 is 18.6. The van der Waals surface area contributed by atoms with Gasteiger partial charge >= 0.3 is 19.2 Å². The maximum absolute atomic E-state index is 12.7. The number of hydrogen-bond acceptors (Lipinski definition) is 5. The zero-order valence-corrected chi connectivity index (χ0v) is 17.3. The molecule has 7 nitrogen and oxygen atoms in total. The molecule has 0 bridgehead atoms. The minimum absolute atomic E-state index is 0.157. The van der Waals surface area contributed by atoms with Crippen LogP contribution in [0.25, 0.3) is 10.9 Å². The predicted molar refractivity (Wildman–Crippen MR) is 106 cm³/mol. The molecule has 1 aliphatic rings. The number of nitrogens with zero attached hydrogens (tertiary/aromatic N) is 1. The van der Waals surface area contributed by atoms with Crippen LogP contribution < -0.4 is 5.46 Å². The van der Waals surface area contributed by atoms with Crippen LogP contribution in [0.2, 0.25) is 0 Å². The summed E-state index contributed by atoms with van der Waals surface area (Å²) in [4.78, 5) is 24.4. The van der Waals surface area contributed by atoms with Crippen LogP contribution >= 0.6 is 0 Å². The van der Waals surface area contributed by atoms with Gasteiger partial charge < -0.3 is 19.2 Å². The molecule has 1 saturated heterocycles. The minimum atomic E-state index is -1.21. The molecule has 28 heavy (non-hydrogen) atoms. The topological polar surface area (TPSA) is 87.0 Å². The van der Waals surface area contributed by atoms with E-state index in [-0.39, 0.29) is 5.69 Å². The van der Waals surface area contributed by atoms with Gasteiger partial charge in [-0.05, 0) is 66.1 Å². The first-order valence-electron chi connectivity index (χ1n) is 9.19. The van der Waals surface area contributed by atoms with E-state index in [1.54, 1.807) is 32.9 Å². The number of carbonyl (C=O) groups is 2. The van der Waals surface area contributed by atoms with Crippen LogP contribution in [0.5, 0.6) is 0 Å². The van der Waals surface area contributed by atoms with Gasteiger partial charge in [0, 0.05) is 5.39 Å². The van der Waals surface area contributed by atoms with Gasteiger partial charge in [0.05, 0.1) is 16.7 Å². The molecule has 8 heteroatoms. The smallest absolute Gasteiger partial charge is 0.477 e. The van der Waals surface area contributed by atoms with Gasteiger partial charge in [-0.25, -0.2) is 14.2 Å². The lowest BCUT2D eigenvalue weighted by molar-refractivity contribution is 0.00578. The van der Waals surface area contributed by atoms with Crippen molar-refractivity contribution in [2.24, 2.45) is 0 Å². The summed E-state index contributed by atoms with van der Waals surface area (Å²) in [6, 6.07) is 6.74. The van der Waals surface area contributed by atoms with Gasteiger partial charge in [-0.15, -0.1) is 0 Å². The fraction of sp³-hybridized carbons (Fsp3) is 0.500. The van der Waals surface area contributed by atoms with Crippen LogP contribution in [0.1, 0.15) is 59.0 Å². The lowest BCUT2D eigenvalue weighted by atomic mass is 9.79. The molecule has 2 aromatic rings. The summed E-state index contributed by atoms with van der Waals surface area (Å²) in [5, 5.41) is 10.2. The first-order valence-corrected chi connectivity index (χ1v) is 9.19. The maximum atomic E-state index is 12.7. The highest BCUT2D eigenvalue weighted by Gasteiger charge is 2.51. The Morgan fingerprint density at radius 1 is 1.07 bits per heavy atom. The zero-order chi connectivity index (χ0) is 21.1. The van der Waals surface area contributed by atoms with Crippen LogP contribution in [0.3, 0.4) is 0 Å². The molecule has 0 saturated carbocycles. The van der Waals surface area contributed by atoms with Crippen LogP contribution in [-0.2, 0) is 14.0 Å². The number of carboxylic acids is 1. The molecule has 0 spiro atoms. The second-order valence-electron chi connectivity index (χ2n) is 9.06. The average Bonchev–Trinajstić information content (AvgIpc) is 3.00. The first kappa shape index (κ1) is 20.4. The van der Waals surface area contributed by atoms with Crippen molar-refractivity contribution < 1.29 is 28.7 Å². The van der Waals surface area contributed by atoms with Crippen LogP contribution in [-0.4, -0.2) is 45.7 Å². The molecular weight excluding hydrogens is 361 g/mol. The summed E-state index contributed by atoms with van der Waals surface area (Å²) in [7, 11) is -0.621. The number of ether oxygens (including phenoxy) is 1. The monoisotopic (exact) mass is 387 g/mol. The second kappa shape index (κ2) is 6.35.